The number of benzene rings is 1. The van der Waals surface area contributed by atoms with E-state index in [9.17, 15) is 0 Å². The van der Waals surface area contributed by atoms with E-state index in [2.05, 4.69) is 49.4 Å². The van der Waals surface area contributed by atoms with E-state index < -0.39 is 0 Å². The fourth-order valence-electron chi connectivity index (χ4n) is 4.40. The van der Waals surface area contributed by atoms with Gasteiger partial charge in [0.2, 0.25) is 0 Å². The van der Waals surface area contributed by atoms with Gasteiger partial charge in [0, 0.05) is 18.1 Å². The molecular weight excluding hydrogens is 258 g/mol. The Kier molecular flexibility index (Phi) is 4.34. The Hall–Kier alpha value is -0.900. The molecule has 1 aromatic rings. The summed E-state index contributed by atoms with van der Waals surface area (Å²) in [7, 11) is 2.30. The molecule has 3 nitrogen and oxygen atoms in total. The second-order valence-corrected chi connectivity index (χ2v) is 7.19. The van der Waals surface area contributed by atoms with Crippen LogP contribution in [0.25, 0.3) is 0 Å². The maximum atomic E-state index is 5.92. The highest BCUT2D eigenvalue weighted by atomic mass is 15.2. The monoisotopic (exact) mass is 287 g/mol. The topological polar surface area (TPSA) is 41.3 Å². The van der Waals surface area contributed by atoms with Crippen LogP contribution in [0, 0.1) is 19.8 Å². The minimum absolute atomic E-state index is 0.405. The van der Waals surface area contributed by atoms with Crippen molar-refractivity contribution >= 4 is 0 Å². The predicted molar refractivity (Wildman–Crippen MR) is 88.0 cm³/mol. The molecule has 0 spiro atoms. The van der Waals surface area contributed by atoms with Gasteiger partial charge in [0.15, 0.2) is 0 Å². The number of hydrogen-bond donors (Lipinski definition) is 2. The Labute approximate surface area is 128 Å². The summed E-state index contributed by atoms with van der Waals surface area (Å²) in [6.45, 7) is 4.38. The third-order valence-electron chi connectivity index (χ3n) is 5.86. The number of hydrogen-bond acceptors (Lipinski definition) is 3. The second-order valence-electron chi connectivity index (χ2n) is 7.19. The van der Waals surface area contributed by atoms with Crippen LogP contribution in [0.2, 0.25) is 0 Å². The van der Waals surface area contributed by atoms with Crippen molar-refractivity contribution in [2.45, 2.75) is 64.1 Å². The molecule has 0 aromatic heterocycles. The van der Waals surface area contributed by atoms with Gasteiger partial charge in [-0.3, -0.25) is 11.3 Å². The lowest BCUT2D eigenvalue weighted by atomic mass is 9.82. The number of fused-ring (bicyclic) bond motifs is 2. The van der Waals surface area contributed by atoms with Crippen LogP contribution in [-0.2, 0) is 6.42 Å². The van der Waals surface area contributed by atoms with Gasteiger partial charge in [0.05, 0.1) is 0 Å². The zero-order chi connectivity index (χ0) is 15.0. The van der Waals surface area contributed by atoms with E-state index >= 15 is 0 Å². The normalized spacial score (nSPS) is 30.6. The summed E-state index contributed by atoms with van der Waals surface area (Å²) in [5.41, 5.74) is 7.31. The zero-order valence-electron chi connectivity index (χ0n) is 13.6. The largest absolute Gasteiger partial charge is 0.300 e. The number of nitrogens with two attached hydrogens (primary N) is 1. The first-order chi connectivity index (χ1) is 10.1. The number of aryl methyl sites for hydroxylation is 2. The smallest absolute Gasteiger partial charge is 0.0280 e. The Bertz CT molecular complexity index is 485. The molecule has 0 amide bonds. The highest BCUT2D eigenvalue weighted by molar-refractivity contribution is 5.31. The van der Waals surface area contributed by atoms with Gasteiger partial charge >= 0.3 is 0 Å². The third kappa shape index (κ3) is 3.01. The van der Waals surface area contributed by atoms with Gasteiger partial charge in [-0.25, -0.2) is 0 Å². The number of nitrogens with one attached hydrogen (secondary N) is 1. The summed E-state index contributed by atoms with van der Waals surface area (Å²) >= 11 is 0. The molecule has 3 N–H and O–H groups in total. The Morgan fingerprint density at radius 3 is 2.52 bits per heavy atom. The molecule has 0 saturated carbocycles. The van der Waals surface area contributed by atoms with Crippen molar-refractivity contribution in [3.05, 3.63) is 34.9 Å². The number of piperidine rings is 1. The van der Waals surface area contributed by atoms with Gasteiger partial charge in [-0.15, -0.1) is 0 Å². The molecule has 3 rings (SSSR count). The highest BCUT2D eigenvalue weighted by Crippen LogP contribution is 2.39. The average molecular weight is 287 g/mol. The molecule has 2 fully saturated rings. The predicted octanol–water partition coefficient (Wildman–Crippen LogP) is 2.55. The van der Waals surface area contributed by atoms with Crippen molar-refractivity contribution in [3.63, 3.8) is 0 Å². The third-order valence-corrected chi connectivity index (χ3v) is 5.86. The lowest BCUT2D eigenvalue weighted by Crippen LogP contribution is -2.49. The summed E-state index contributed by atoms with van der Waals surface area (Å²) < 4.78 is 0. The molecule has 3 unspecified atom stereocenters. The van der Waals surface area contributed by atoms with Crippen LogP contribution < -0.4 is 11.3 Å². The van der Waals surface area contributed by atoms with Gasteiger partial charge in [0.1, 0.15) is 0 Å². The van der Waals surface area contributed by atoms with Gasteiger partial charge < -0.3 is 4.90 Å². The van der Waals surface area contributed by atoms with E-state index in [0.717, 1.165) is 18.5 Å². The van der Waals surface area contributed by atoms with Gasteiger partial charge in [0.25, 0.3) is 0 Å². The summed E-state index contributed by atoms with van der Waals surface area (Å²) in [4.78, 5) is 2.60. The molecule has 2 aliphatic rings. The average Bonchev–Trinajstić information content (AvgIpc) is 2.69. The SMILES string of the molecule is Cc1ccc(C)c(CC(NN)C2CC3CCC(C2)N3C)c1. The lowest BCUT2D eigenvalue weighted by molar-refractivity contribution is 0.112. The molecule has 2 heterocycles. The van der Waals surface area contributed by atoms with E-state index in [1.807, 2.05) is 0 Å². The van der Waals surface area contributed by atoms with Crippen molar-refractivity contribution < 1.29 is 0 Å². The second kappa shape index (κ2) is 6.07. The van der Waals surface area contributed by atoms with E-state index in [1.165, 1.54) is 42.4 Å². The van der Waals surface area contributed by atoms with E-state index in [1.54, 1.807) is 0 Å². The van der Waals surface area contributed by atoms with E-state index in [4.69, 9.17) is 5.84 Å². The van der Waals surface area contributed by atoms with Crippen molar-refractivity contribution in [2.75, 3.05) is 7.05 Å². The van der Waals surface area contributed by atoms with Crippen LogP contribution in [-0.4, -0.2) is 30.1 Å². The fourth-order valence-corrected chi connectivity index (χ4v) is 4.40. The van der Waals surface area contributed by atoms with Crippen LogP contribution >= 0.6 is 0 Å². The molecule has 21 heavy (non-hydrogen) atoms. The quantitative estimate of drug-likeness (QED) is 0.660. The number of rotatable bonds is 4. The minimum atomic E-state index is 0.405. The molecule has 0 radical (unpaired) electrons. The molecule has 2 saturated heterocycles. The van der Waals surface area contributed by atoms with Crippen LogP contribution in [0.5, 0.6) is 0 Å². The van der Waals surface area contributed by atoms with Gasteiger partial charge in [-0.1, -0.05) is 23.8 Å². The molecule has 2 bridgehead atoms. The van der Waals surface area contributed by atoms with Crippen LogP contribution in [0.3, 0.4) is 0 Å². The lowest BCUT2D eigenvalue weighted by Gasteiger charge is -2.39. The summed E-state index contributed by atoms with van der Waals surface area (Å²) in [5, 5.41) is 0. The highest BCUT2D eigenvalue weighted by Gasteiger charge is 2.40. The first-order valence-electron chi connectivity index (χ1n) is 8.32. The Balaban J connectivity index is 1.72. The minimum Gasteiger partial charge on any atom is -0.300 e. The molecule has 2 aliphatic heterocycles. The molecular formula is C18H29N3. The Morgan fingerprint density at radius 1 is 1.24 bits per heavy atom. The van der Waals surface area contributed by atoms with Crippen molar-refractivity contribution in [2.24, 2.45) is 11.8 Å². The zero-order valence-corrected chi connectivity index (χ0v) is 13.6. The van der Waals surface area contributed by atoms with E-state index in [-0.39, 0.29) is 0 Å². The fraction of sp³-hybridized carbons (Fsp3) is 0.667. The van der Waals surface area contributed by atoms with Crippen LogP contribution in [0.15, 0.2) is 18.2 Å². The van der Waals surface area contributed by atoms with Gasteiger partial charge in [-0.2, -0.15) is 0 Å². The first kappa shape index (κ1) is 15.0. The summed E-state index contributed by atoms with van der Waals surface area (Å²) in [6, 6.07) is 8.72. The first-order valence-corrected chi connectivity index (χ1v) is 8.32. The number of nitrogens with zero attached hydrogens (tertiary/aromatic N) is 1. The number of hydrazine groups is 1. The van der Waals surface area contributed by atoms with Gasteiger partial charge in [-0.05, 0) is 70.0 Å². The molecule has 116 valence electrons. The summed E-state index contributed by atoms with van der Waals surface area (Å²) in [5.74, 6) is 6.63. The molecule has 3 atom stereocenters. The van der Waals surface area contributed by atoms with Crippen LogP contribution in [0.1, 0.15) is 42.4 Å². The standard InChI is InChI=1S/C18H29N3/c1-12-4-5-13(2)14(8-12)11-18(20-19)15-9-16-6-7-17(10-15)21(16)3/h4-5,8,15-18,20H,6-7,9-11,19H2,1-3H3. The van der Waals surface area contributed by atoms with Crippen LogP contribution in [0.4, 0.5) is 0 Å². The summed E-state index contributed by atoms with van der Waals surface area (Å²) in [6.07, 6.45) is 6.40. The maximum absolute atomic E-state index is 5.92. The Morgan fingerprint density at radius 2 is 1.90 bits per heavy atom. The van der Waals surface area contributed by atoms with E-state index in [0.29, 0.717) is 12.0 Å². The van der Waals surface area contributed by atoms with Crippen molar-refractivity contribution in [3.8, 4) is 0 Å². The van der Waals surface area contributed by atoms with Crippen molar-refractivity contribution in [1.29, 1.82) is 0 Å². The molecule has 0 aliphatic carbocycles. The van der Waals surface area contributed by atoms with Crippen molar-refractivity contribution in [1.82, 2.24) is 10.3 Å². The molecule has 3 heteroatoms. The maximum Gasteiger partial charge on any atom is 0.0280 e. The molecule has 1 aromatic carbocycles.